The number of carbonyl (C=O) groups excluding carboxylic acids is 1. The zero-order valence-electron chi connectivity index (χ0n) is 14.4. The second kappa shape index (κ2) is 8.31. The summed E-state index contributed by atoms with van der Waals surface area (Å²) in [5.41, 5.74) is 2.88. The molecule has 2 N–H and O–H groups in total. The van der Waals surface area contributed by atoms with Gasteiger partial charge >= 0.3 is 0 Å². The van der Waals surface area contributed by atoms with Crippen molar-refractivity contribution in [3.05, 3.63) is 58.1 Å². The number of methoxy groups -OCH3 is 1. The molecule has 2 atom stereocenters. The van der Waals surface area contributed by atoms with E-state index in [9.17, 15) is 4.79 Å². The van der Waals surface area contributed by atoms with Crippen LogP contribution < -0.4 is 15.4 Å². The Labute approximate surface area is 151 Å². The minimum atomic E-state index is -0.339. The van der Waals surface area contributed by atoms with E-state index >= 15 is 0 Å². The standard InChI is InChI=1S/C19H23BrN2O2/c1-12-5-10-18(24-4)17(11-12)22-19(23)14(3)21-13(2)15-6-8-16(20)9-7-15/h5-11,13-14,21H,1-4H3,(H,22,23)/t13-,14+/m1/s1. The van der Waals surface area contributed by atoms with Crippen LogP contribution in [-0.4, -0.2) is 19.1 Å². The predicted molar refractivity (Wildman–Crippen MR) is 102 cm³/mol. The van der Waals surface area contributed by atoms with Gasteiger partial charge in [0.2, 0.25) is 5.91 Å². The number of nitrogens with one attached hydrogen (secondary N) is 2. The molecule has 0 aliphatic rings. The lowest BCUT2D eigenvalue weighted by Crippen LogP contribution is -2.39. The van der Waals surface area contributed by atoms with Crippen molar-refractivity contribution in [3.8, 4) is 5.75 Å². The first-order chi connectivity index (χ1) is 11.4. The van der Waals surface area contributed by atoms with Crippen molar-refractivity contribution in [3.63, 3.8) is 0 Å². The van der Waals surface area contributed by atoms with Gasteiger partial charge in [0.1, 0.15) is 5.75 Å². The Hall–Kier alpha value is -1.85. The molecule has 1 amide bonds. The number of hydrogen-bond donors (Lipinski definition) is 2. The summed E-state index contributed by atoms with van der Waals surface area (Å²) in [6.07, 6.45) is 0. The quantitative estimate of drug-likeness (QED) is 0.765. The van der Waals surface area contributed by atoms with Crippen LogP contribution in [0.3, 0.4) is 0 Å². The molecule has 0 aliphatic heterocycles. The summed E-state index contributed by atoms with van der Waals surface area (Å²) < 4.78 is 6.34. The highest BCUT2D eigenvalue weighted by Gasteiger charge is 2.17. The minimum absolute atomic E-state index is 0.0678. The number of rotatable bonds is 6. The van der Waals surface area contributed by atoms with Crippen molar-refractivity contribution < 1.29 is 9.53 Å². The molecule has 0 aliphatic carbocycles. The van der Waals surface area contributed by atoms with Crippen molar-refractivity contribution in [2.45, 2.75) is 32.9 Å². The summed E-state index contributed by atoms with van der Waals surface area (Å²) in [5, 5.41) is 6.25. The third-order valence-electron chi connectivity index (χ3n) is 3.88. The monoisotopic (exact) mass is 390 g/mol. The van der Waals surface area contributed by atoms with Crippen molar-refractivity contribution in [1.82, 2.24) is 5.32 Å². The van der Waals surface area contributed by atoms with Gasteiger partial charge < -0.3 is 10.1 Å². The van der Waals surface area contributed by atoms with E-state index in [0.29, 0.717) is 11.4 Å². The average molecular weight is 391 g/mol. The van der Waals surface area contributed by atoms with Gasteiger partial charge in [0, 0.05) is 10.5 Å². The van der Waals surface area contributed by atoms with Crippen LogP contribution in [0.1, 0.15) is 31.0 Å². The van der Waals surface area contributed by atoms with Gasteiger partial charge in [-0.15, -0.1) is 0 Å². The molecule has 0 saturated carbocycles. The van der Waals surface area contributed by atoms with Gasteiger partial charge in [-0.1, -0.05) is 34.1 Å². The molecule has 0 saturated heterocycles. The van der Waals surface area contributed by atoms with Gasteiger partial charge in [0.25, 0.3) is 0 Å². The first-order valence-corrected chi connectivity index (χ1v) is 8.67. The van der Waals surface area contributed by atoms with Crippen LogP contribution >= 0.6 is 15.9 Å². The lowest BCUT2D eigenvalue weighted by molar-refractivity contribution is -0.117. The molecule has 2 aromatic rings. The maximum absolute atomic E-state index is 12.5. The highest BCUT2D eigenvalue weighted by atomic mass is 79.9. The van der Waals surface area contributed by atoms with E-state index in [1.165, 1.54) is 0 Å². The number of anilines is 1. The number of ether oxygens (including phenoxy) is 1. The number of benzene rings is 2. The summed E-state index contributed by atoms with van der Waals surface area (Å²) in [6, 6.07) is 13.5. The SMILES string of the molecule is COc1ccc(C)cc1NC(=O)[C@H](C)N[C@H](C)c1ccc(Br)cc1. The Morgan fingerprint density at radius 3 is 2.42 bits per heavy atom. The first-order valence-electron chi connectivity index (χ1n) is 7.87. The summed E-state index contributed by atoms with van der Waals surface area (Å²) in [4.78, 5) is 12.5. The number of halogens is 1. The molecule has 0 radical (unpaired) electrons. The van der Waals surface area contributed by atoms with E-state index in [-0.39, 0.29) is 18.0 Å². The summed E-state index contributed by atoms with van der Waals surface area (Å²) in [6.45, 7) is 5.87. The maximum atomic E-state index is 12.5. The Morgan fingerprint density at radius 1 is 1.12 bits per heavy atom. The first kappa shape index (κ1) is 18.5. The number of hydrogen-bond acceptors (Lipinski definition) is 3. The molecule has 0 fully saturated rings. The second-order valence-electron chi connectivity index (χ2n) is 5.85. The van der Waals surface area contributed by atoms with Crippen molar-refractivity contribution in [2.75, 3.05) is 12.4 Å². The fraction of sp³-hybridized carbons (Fsp3) is 0.316. The zero-order valence-corrected chi connectivity index (χ0v) is 16.0. The predicted octanol–water partition coefficient (Wildman–Crippen LogP) is 4.44. The van der Waals surface area contributed by atoms with Gasteiger partial charge in [0.15, 0.2) is 0 Å². The molecular formula is C19H23BrN2O2. The normalized spacial score (nSPS) is 13.2. The molecule has 0 heterocycles. The van der Waals surface area contributed by atoms with E-state index in [2.05, 4.69) is 26.6 Å². The van der Waals surface area contributed by atoms with E-state index in [0.717, 1.165) is 15.6 Å². The van der Waals surface area contributed by atoms with Gasteiger partial charge in [-0.05, 0) is 56.2 Å². The topological polar surface area (TPSA) is 50.4 Å². The maximum Gasteiger partial charge on any atom is 0.241 e. The van der Waals surface area contributed by atoms with Gasteiger partial charge in [-0.3, -0.25) is 10.1 Å². The van der Waals surface area contributed by atoms with Crippen LogP contribution in [0.4, 0.5) is 5.69 Å². The molecule has 0 aromatic heterocycles. The highest BCUT2D eigenvalue weighted by molar-refractivity contribution is 9.10. The van der Waals surface area contributed by atoms with E-state index in [1.807, 2.05) is 63.2 Å². The summed E-state index contributed by atoms with van der Waals surface area (Å²) in [7, 11) is 1.59. The second-order valence-corrected chi connectivity index (χ2v) is 6.77. The van der Waals surface area contributed by atoms with E-state index in [1.54, 1.807) is 7.11 Å². The van der Waals surface area contributed by atoms with E-state index in [4.69, 9.17) is 4.74 Å². The minimum Gasteiger partial charge on any atom is -0.495 e. The van der Waals surface area contributed by atoms with Gasteiger partial charge in [-0.25, -0.2) is 0 Å². The molecule has 0 bridgehead atoms. The molecule has 24 heavy (non-hydrogen) atoms. The van der Waals surface area contributed by atoms with Crippen LogP contribution in [0.25, 0.3) is 0 Å². The van der Waals surface area contributed by atoms with Gasteiger partial charge in [-0.2, -0.15) is 0 Å². The smallest absolute Gasteiger partial charge is 0.241 e. The molecule has 2 rings (SSSR count). The lowest BCUT2D eigenvalue weighted by atomic mass is 10.1. The molecule has 4 nitrogen and oxygen atoms in total. The third-order valence-corrected chi connectivity index (χ3v) is 4.40. The lowest BCUT2D eigenvalue weighted by Gasteiger charge is -2.21. The zero-order chi connectivity index (χ0) is 17.7. The molecule has 2 aromatic carbocycles. The number of amides is 1. The van der Waals surface area contributed by atoms with Gasteiger partial charge in [0.05, 0.1) is 18.8 Å². The van der Waals surface area contributed by atoms with Crippen molar-refractivity contribution in [2.24, 2.45) is 0 Å². The van der Waals surface area contributed by atoms with Crippen LogP contribution in [-0.2, 0) is 4.79 Å². The third kappa shape index (κ3) is 4.82. The van der Waals surface area contributed by atoms with Crippen LogP contribution in [0.5, 0.6) is 5.75 Å². The molecule has 5 heteroatoms. The van der Waals surface area contributed by atoms with Crippen LogP contribution in [0.2, 0.25) is 0 Å². The molecule has 128 valence electrons. The molecular weight excluding hydrogens is 368 g/mol. The van der Waals surface area contributed by atoms with Crippen molar-refractivity contribution >= 4 is 27.5 Å². The Morgan fingerprint density at radius 2 is 1.79 bits per heavy atom. The van der Waals surface area contributed by atoms with Crippen LogP contribution in [0.15, 0.2) is 46.9 Å². The fourth-order valence-corrected chi connectivity index (χ4v) is 2.72. The molecule has 0 unspecified atom stereocenters. The largest absolute Gasteiger partial charge is 0.495 e. The summed E-state index contributed by atoms with van der Waals surface area (Å²) in [5.74, 6) is 0.560. The fourth-order valence-electron chi connectivity index (χ4n) is 2.46. The number of aryl methyl sites for hydroxylation is 1. The Kier molecular flexibility index (Phi) is 6.40. The Bertz CT molecular complexity index is 701. The highest BCUT2D eigenvalue weighted by Crippen LogP contribution is 2.25. The summed E-state index contributed by atoms with van der Waals surface area (Å²) >= 11 is 3.43. The Balaban J connectivity index is 2.02. The van der Waals surface area contributed by atoms with Crippen molar-refractivity contribution in [1.29, 1.82) is 0 Å². The van der Waals surface area contributed by atoms with E-state index < -0.39 is 0 Å². The number of carbonyl (C=O) groups is 1. The van der Waals surface area contributed by atoms with Crippen LogP contribution in [0, 0.1) is 6.92 Å². The molecule has 0 spiro atoms. The average Bonchev–Trinajstić information content (AvgIpc) is 2.55.